The van der Waals surface area contributed by atoms with Gasteiger partial charge in [-0.05, 0) is 22.0 Å². The number of hydrogen-bond acceptors (Lipinski definition) is 2. The fraction of sp³-hybridized carbons (Fsp3) is 0.222. The number of halogens is 2. The van der Waals surface area contributed by atoms with Crippen LogP contribution in [0.5, 0.6) is 5.75 Å². The topological polar surface area (TPSA) is 26.3 Å². The van der Waals surface area contributed by atoms with Crippen LogP contribution in [0.15, 0.2) is 10.5 Å². The number of benzene rings is 1. The number of ether oxygens (including phenoxy) is 1. The van der Waals surface area contributed by atoms with Gasteiger partial charge in [0.25, 0.3) is 0 Å². The minimum absolute atomic E-state index is 0.512. The molecule has 68 valence electrons. The summed E-state index contributed by atoms with van der Waals surface area (Å²) in [6.45, 7) is 0.635. The number of carbonyl (C=O) groups excluding carboxylic acids is 1. The standard InChI is InChI=1S/C9H6BrClO2/c10-7-3-5(4-12)8(11)6-1-2-13-9(6)7/h3-4H,1-2H2. The third-order valence-electron chi connectivity index (χ3n) is 2.02. The third kappa shape index (κ3) is 1.36. The minimum atomic E-state index is 0.512. The molecule has 0 fully saturated rings. The molecular weight excluding hydrogens is 255 g/mol. The number of aldehydes is 1. The maximum absolute atomic E-state index is 10.6. The first kappa shape index (κ1) is 9.03. The van der Waals surface area contributed by atoms with Gasteiger partial charge < -0.3 is 4.74 Å². The lowest BCUT2D eigenvalue weighted by Crippen LogP contribution is -1.88. The summed E-state index contributed by atoms with van der Waals surface area (Å²) in [7, 11) is 0. The van der Waals surface area contributed by atoms with Crippen LogP contribution < -0.4 is 4.74 Å². The fourth-order valence-electron chi connectivity index (χ4n) is 1.40. The Balaban J connectivity index is 2.69. The molecule has 0 atom stereocenters. The zero-order valence-corrected chi connectivity index (χ0v) is 8.98. The quantitative estimate of drug-likeness (QED) is 0.727. The first-order valence-corrected chi connectivity index (χ1v) is 5.00. The second-order valence-corrected chi connectivity index (χ2v) is 4.02. The van der Waals surface area contributed by atoms with E-state index in [0.29, 0.717) is 17.2 Å². The summed E-state index contributed by atoms with van der Waals surface area (Å²) in [6.07, 6.45) is 1.53. The highest BCUT2D eigenvalue weighted by molar-refractivity contribution is 9.10. The first-order valence-electron chi connectivity index (χ1n) is 3.83. The van der Waals surface area contributed by atoms with Crippen molar-refractivity contribution in [2.45, 2.75) is 6.42 Å². The van der Waals surface area contributed by atoms with E-state index in [0.717, 1.165) is 28.5 Å². The van der Waals surface area contributed by atoms with Crippen LogP contribution in [0.1, 0.15) is 15.9 Å². The number of fused-ring (bicyclic) bond motifs is 1. The molecular formula is C9H6BrClO2. The van der Waals surface area contributed by atoms with E-state index < -0.39 is 0 Å². The molecule has 1 aromatic carbocycles. The molecule has 0 aliphatic carbocycles. The Hall–Kier alpha value is -0.540. The summed E-state index contributed by atoms with van der Waals surface area (Å²) in [4.78, 5) is 10.6. The lowest BCUT2D eigenvalue weighted by molar-refractivity contribution is 0.112. The average Bonchev–Trinajstić information content (AvgIpc) is 2.60. The number of carbonyl (C=O) groups is 1. The predicted molar refractivity (Wildman–Crippen MR) is 53.7 cm³/mol. The van der Waals surface area contributed by atoms with Crippen LogP contribution in [-0.4, -0.2) is 12.9 Å². The van der Waals surface area contributed by atoms with Crippen LogP contribution in [0, 0.1) is 0 Å². The van der Waals surface area contributed by atoms with Crippen LogP contribution in [0.3, 0.4) is 0 Å². The largest absolute Gasteiger partial charge is 0.492 e. The average molecular weight is 262 g/mol. The summed E-state index contributed by atoms with van der Waals surface area (Å²) < 4.78 is 6.16. The monoisotopic (exact) mass is 260 g/mol. The summed E-state index contributed by atoms with van der Waals surface area (Å²) in [5.74, 6) is 0.774. The second-order valence-electron chi connectivity index (χ2n) is 2.79. The summed E-state index contributed by atoms with van der Waals surface area (Å²) in [5, 5.41) is 0.519. The maximum atomic E-state index is 10.6. The van der Waals surface area contributed by atoms with Gasteiger partial charge in [0.1, 0.15) is 5.75 Å². The van der Waals surface area contributed by atoms with Gasteiger partial charge in [0.2, 0.25) is 0 Å². The highest BCUT2D eigenvalue weighted by Crippen LogP contribution is 2.39. The Kier molecular flexibility index (Phi) is 2.30. The normalized spacial score (nSPS) is 13.7. The highest BCUT2D eigenvalue weighted by Gasteiger charge is 2.21. The van der Waals surface area contributed by atoms with Crippen molar-refractivity contribution >= 4 is 33.8 Å². The highest BCUT2D eigenvalue weighted by atomic mass is 79.9. The molecule has 0 aromatic heterocycles. The molecule has 2 rings (SSSR count). The molecule has 1 heterocycles. The SMILES string of the molecule is O=Cc1cc(Br)c2c(c1Cl)CCO2. The van der Waals surface area contributed by atoms with Crippen molar-refractivity contribution in [3.05, 3.63) is 26.7 Å². The van der Waals surface area contributed by atoms with Crippen LogP contribution in [0.2, 0.25) is 5.02 Å². The van der Waals surface area contributed by atoms with E-state index in [2.05, 4.69) is 15.9 Å². The van der Waals surface area contributed by atoms with Gasteiger partial charge >= 0.3 is 0 Å². The van der Waals surface area contributed by atoms with Gasteiger partial charge in [-0.3, -0.25) is 4.79 Å². The van der Waals surface area contributed by atoms with Gasteiger partial charge in [-0.1, -0.05) is 11.6 Å². The van der Waals surface area contributed by atoms with Crippen molar-refractivity contribution in [2.24, 2.45) is 0 Å². The Labute approximate surface area is 89.0 Å². The third-order valence-corrected chi connectivity index (χ3v) is 3.05. The van der Waals surface area contributed by atoms with Crippen LogP contribution in [-0.2, 0) is 6.42 Å². The van der Waals surface area contributed by atoms with E-state index in [1.165, 1.54) is 0 Å². The van der Waals surface area contributed by atoms with Gasteiger partial charge in [-0.2, -0.15) is 0 Å². The van der Waals surface area contributed by atoms with E-state index in [4.69, 9.17) is 16.3 Å². The van der Waals surface area contributed by atoms with Crippen LogP contribution in [0.4, 0.5) is 0 Å². The lowest BCUT2D eigenvalue weighted by Gasteiger charge is -2.05. The molecule has 0 bridgehead atoms. The molecule has 1 aromatic rings. The van der Waals surface area contributed by atoms with E-state index in [1.54, 1.807) is 6.07 Å². The molecule has 2 nitrogen and oxygen atoms in total. The van der Waals surface area contributed by atoms with Gasteiger partial charge in [-0.15, -0.1) is 0 Å². The molecule has 0 saturated heterocycles. The van der Waals surface area contributed by atoms with Crippen molar-refractivity contribution in [3.63, 3.8) is 0 Å². The molecule has 1 aliphatic rings. The Morgan fingerprint density at radius 1 is 1.62 bits per heavy atom. The van der Waals surface area contributed by atoms with E-state index >= 15 is 0 Å². The Bertz CT molecular complexity index is 376. The van der Waals surface area contributed by atoms with Gasteiger partial charge in [0, 0.05) is 17.5 Å². The minimum Gasteiger partial charge on any atom is -0.492 e. The molecule has 0 unspecified atom stereocenters. The van der Waals surface area contributed by atoms with Crippen molar-refractivity contribution in [1.82, 2.24) is 0 Å². The zero-order chi connectivity index (χ0) is 9.42. The first-order chi connectivity index (χ1) is 6.24. The van der Waals surface area contributed by atoms with Crippen LogP contribution in [0.25, 0.3) is 0 Å². The van der Waals surface area contributed by atoms with Crippen molar-refractivity contribution in [1.29, 1.82) is 0 Å². The van der Waals surface area contributed by atoms with E-state index in [-0.39, 0.29) is 0 Å². The Morgan fingerprint density at radius 2 is 2.38 bits per heavy atom. The van der Waals surface area contributed by atoms with E-state index in [1.807, 2.05) is 0 Å². The van der Waals surface area contributed by atoms with Gasteiger partial charge in [-0.25, -0.2) is 0 Å². The second kappa shape index (κ2) is 3.31. The molecule has 4 heteroatoms. The molecule has 0 spiro atoms. The Morgan fingerprint density at radius 3 is 3.08 bits per heavy atom. The summed E-state index contributed by atoms with van der Waals surface area (Å²) >= 11 is 9.32. The molecule has 0 N–H and O–H groups in total. The molecule has 0 amide bonds. The smallest absolute Gasteiger partial charge is 0.151 e. The molecule has 1 aliphatic heterocycles. The van der Waals surface area contributed by atoms with Crippen molar-refractivity contribution in [2.75, 3.05) is 6.61 Å². The summed E-state index contributed by atoms with van der Waals surface area (Å²) in [5.41, 5.74) is 1.44. The predicted octanol–water partition coefficient (Wildman–Crippen LogP) is 2.85. The number of hydrogen-bond donors (Lipinski definition) is 0. The maximum Gasteiger partial charge on any atom is 0.151 e. The lowest BCUT2D eigenvalue weighted by atomic mass is 10.1. The zero-order valence-electron chi connectivity index (χ0n) is 6.64. The number of rotatable bonds is 1. The van der Waals surface area contributed by atoms with Crippen molar-refractivity contribution < 1.29 is 9.53 Å². The molecule has 13 heavy (non-hydrogen) atoms. The van der Waals surface area contributed by atoms with Gasteiger partial charge in [0.05, 0.1) is 16.1 Å². The molecule has 0 radical (unpaired) electrons. The molecule has 0 saturated carbocycles. The van der Waals surface area contributed by atoms with Gasteiger partial charge in [0.15, 0.2) is 6.29 Å². The summed E-state index contributed by atoms with van der Waals surface area (Å²) in [6, 6.07) is 1.68. The van der Waals surface area contributed by atoms with Crippen molar-refractivity contribution in [3.8, 4) is 5.75 Å². The fourth-order valence-corrected chi connectivity index (χ4v) is 2.28. The van der Waals surface area contributed by atoms with E-state index in [9.17, 15) is 4.79 Å². The van der Waals surface area contributed by atoms with Crippen LogP contribution >= 0.6 is 27.5 Å².